The average molecular weight is 294 g/mol. The molecule has 120 valence electrons. The number of hydrogen-bond donors (Lipinski definition) is 0. The van der Waals surface area contributed by atoms with Gasteiger partial charge in [-0.25, -0.2) is 0 Å². The second kappa shape index (κ2) is 6.33. The van der Waals surface area contributed by atoms with Crippen molar-refractivity contribution in [1.82, 2.24) is 0 Å². The molecule has 1 saturated heterocycles. The van der Waals surface area contributed by atoms with Gasteiger partial charge >= 0.3 is 11.9 Å². The van der Waals surface area contributed by atoms with Crippen molar-refractivity contribution in [2.24, 2.45) is 22.7 Å². The molecule has 1 fully saturated rings. The van der Waals surface area contributed by atoms with E-state index in [-0.39, 0.29) is 23.7 Å². The van der Waals surface area contributed by atoms with E-state index in [9.17, 15) is 9.59 Å². The largest absolute Gasteiger partial charge is 0.393 e. The minimum Gasteiger partial charge on any atom is -0.393 e. The molecule has 0 aromatic heterocycles. The van der Waals surface area contributed by atoms with Crippen LogP contribution in [0.2, 0.25) is 0 Å². The molecule has 1 aliphatic heterocycles. The SMILES string of the molecule is C=C(CC1CC(=O)OC1=O)CC(C)(C)C(C)CC(C)(C)C. The lowest BCUT2D eigenvalue weighted by molar-refractivity contribution is -0.153. The summed E-state index contributed by atoms with van der Waals surface area (Å²) in [6, 6.07) is 0. The van der Waals surface area contributed by atoms with Crippen molar-refractivity contribution in [3.05, 3.63) is 12.2 Å². The van der Waals surface area contributed by atoms with Gasteiger partial charge in [0, 0.05) is 0 Å². The van der Waals surface area contributed by atoms with Crippen LogP contribution in [0.4, 0.5) is 0 Å². The molecular weight excluding hydrogens is 264 g/mol. The first kappa shape index (κ1) is 17.9. The average Bonchev–Trinajstić information content (AvgIpc) is 2.53. The van der Waals surface area contributed by atoms with E-state index in [1.165, 1.54) is 0 Å². The van der Waals surface area contributed by atoms with Crippen LogP contribution in [0.25, 0.3) is 0 Å². The number of rotatable bonds is 6. The zero-order valence-corrected chi connectivity index (χ0v) is 14.4. The van der Waals surface area contributed by atoms with E-state index in [0.29, 0.717) is 17.8 Å². The summed E-state index contributed by atoms with van der Waals surface area (Å²) in [5.41, 5.74) is 1.48. The lowest BCUT2D eigenvalue weighted by atomic mass is 9.69. The van der Waals surface area contributed by atoms with Crippen molar-refractivity contribution in [3.63, 3.8) is 0 Å². The fraction of sp³-hybridized carbons (Fsp3) is 0.778. The molecule has 0 aliphatic carbocycles. The summed E-state index contributed by atoms with van der Waals surface area (Å²) in [6.45, 7) is 17.7. The van der Waals surface area contributed by atoms with Crippen molar-refractivity contribution in [2.75, 3.05) is 0 Å². The maximum atomic E-state index is 11.5. The van der Waals surface area contributed by atoms with Crippen LogP contribution in [-0.2, 0) is 14.3 Å². The van der Waals surface area contributed by atoms with Crippen molar-refractivity contribution in [1.29, 1.82) is 0 Å². The maximum absolute atomic E-state index is 11.5. The topological polar surface area (TPSA) is 43.4 Å². The second-order valence-corrected chi connectivity index (χ2v) is 8.48. The quantitative estimate of drug-likeness (QED) is 0.411. The molecule has 1 rings (SSSR count). The van der Waals surface area contributed by atoms with Crippen molar-refractivity contribution in [3.8, 4) is 0 Å². The van der Waals surface area contributed by atoms with Crippen LogP contribution >= 0.6 is 0 Å². The Balaban J connectivity index is 2.56. The van der Waals surface area contributed by atoms with Crippen molar-refractivity contribution < 1.29 is 14.3 Å². The fourth-order valence-corrected chi connectivity index (χ4v) is 3.11. The number of ether oxygens (including phenoxy) is 1. The minimum absolute atomic E-state index is 0.136. The van der Waals surface area contributed by atoms with Gasteiger partial charge in [0.1, 0.15) is 0 Å². The Morgan fingerprint density at radius 1 is 1.29 bits per heavy atom. The van der Waals surface area contributed by atoms with Crippen LogP contribution in [0.15, 0.2) is 12.2 Å². The molecule has 0 saturated carbocycles. The van der Waals surface area contributed by atoms with Crippen LogP contribution in [0.5, 0.6) is 0 Å². The molecule has 3 nitrogen and oxygen atoms in total. The highest BCUT2D eigenvalue weighted by Crippen LogP contribution is 2.41. The number of carbonyl (C=O) groups is 2. The van der Waals surface area contributed by atoms with Gasteiger partial charge in [0.05, 0.1) is 12.3 Å². The Bertz CT molecular complexity index is 426. The summed E-state index contributed by atoms with van der Waals surface area (Å²) < 4.78 is 4.60. The summed E-state index contributed by atoms with van der Waals surface area (Å²) in [5, 5.41) is 0. The Morgan fingerprint density at radius 3 is 2.29 bits per heavy atom. The lowest BCUT2D eigenvalue weighted by Crippen LogP contribution is -2.26. The van der Waals surface area contributed by atoms with E-state index in [1.807, 2.05) is 0 Å². The first-order valence-corrected chi connectivity index (χ1v) is 7.82. The highest BCUT2D eigenvalue weighted by atomic mass is 16.6. The van der Waals surface area contributed by atoms with E-state index >= 15 is 0 Å². The molecule has 3 heteroatoms. The maximum Gasteiger partial charge on any atom is 0.317 e. The Morgan fingerprint density at radius 2 is 1.86 bits per heavy atom. The Hall–Kier alpha value is -1.12. The molecule has 0 radical (unpaired) electrons. The smallest absolute Gasteiger partial charge is 0.317 e. The van der Waals surface area contributed by atoms with E-state index in [0.717, 1.165) is 18.4 Å². The van der Waals surface area contributed by atoms with Gasteiger partial charge < -0.3 is 4.74 Å². The molecule has 1 heterocycles. The van der Waals surface area contributed by atoms with Gasteiger partial charge in [-0.1, -0.05) is 53.7 Å². The van der Waals surface area contributed by atoms with Crippen LogP contribution < -0.4 is 0 Å². The molecule has 0 amide bonds. The number of cyclic esters (lactones) is 2. The molecule has 21 heavy (non-hydrogen) atoms. The predicted octanol–water partition coefficient (Wildman–Crippen LogP) is 4.51. The number of esters is 2. The summed E-state index contributed by atoms with van der Waals surface area (Å²) in [4.78, 5) is 22.6. The summed E-state index contributed by atoms with van der Waals surface area (Å²) >= 11 is 0. The van der Waals surface area contributed by atoms with Crippen LogP contribution in [-0.4, -0.2) is 11.9 Å². The molecule has 0 aromatic rings. The van der Waals surface area contributed by atoms with Crippen LogP contribution in [0.3, 0.4) is 0 Å². The van der Waals surface area contributed by atoms with Gasteiger partial charge in [0.2, 0.25) is 0 Å². The van der Waals surface area contributed by atoms with Gasteiger partial charge in [-0.2, -0.15) is 0 Å². The summed E-state index contributed by atoms with van der Waals surface area (Å²) in [6.07, 6.45) is 2.80. The fourth-order valence-electron chi connectivity index (χ4n) is 3.11. The van der Waals surface area contributed by atoms with Crippen LogP contribution in [0, 0.1) is 22.7 Å². The molecule has 0 bridgehead atoms. The van der Waals surface area contributed by atoms with E-state index < -0.39 is 5.97 Å². The number of carbonyl (C=O) groups excluding carboxylic acids is 2. The first-order chi connectivity index (χ1) is 9.40. The highest BCUT2D eigenvalue weighted by Gasteiger charge is 2.35. The van der Waals surface area contributed by atoms with Crippen LogP contribution in [0.1, 0.15) is 67.2 Å². The van der Waals surface area contributed by atoms with E-state index in [2.05, 4.69) is 52.9 Å². The van der Waals surface area contributed by atoms with Crippen molar-refractivity contribution in [2.45, 2.75) is 67.2 Å². The number of allylic oxidation sites excluding steroid dienone is 1. The molecular formula is C18H30O3. The lowest BCUT2D eigenvalue weighted by Gasteiger charge is -2.36. The highest BCUT2D eigenvalue weighted by molar-refractivity contribution is 5.94. The second-order valence-electron chi connectivity index (χ2n) is 8.48. The molecule has 0 N–H and O–H groups in total. The van der Waals surface area contributed by atoms with Gasteiger partial charge in [0.15, 0.2) is 0 Å². The van der Waals surface area contributed by atoms with Gasteiger partial charge in [-0.15, -0.1) is 0 Å². The molecule has 2 unspecified atom stereocenters. The third-order valence-electron chi connectivity index (χ3n) is 4.45. The van der Waals surface area contributed by atoms with Gasteiger partial charge in [-0.05, 0) is 36.0 Å². The first-order valence-electron chi connectivity index (χ1n) is 7.82. The monoisotopic (exact) mass is 294 g/mol. The molecule has 0 aromatic carbocycles. The molecule has 0 spiro atoms. The molecule has 1 aliphatic rings. The standard InChI is InChI=1S/C18H30O3/c1-12(8-14-9-15(19)21-16(14)20)10-18(6,7)13(2)11-17(3,4)5/h13-14H,1,8-11H2,2-7H3. The van der Waals surface area contributed by atoms with Gasteiger partial charge in [-0.3, -0.25) is 9.59 Å². The third-order valence-corrected chi connectivity index (χ3v) is 4.45. The Labute approximate surface area is 129 Å². The molecule has 2 atom stereocenters. The number of hydrogen-bond acceptors (Lipinski definition) is 3. The zero-order valence-electron chi connectivity index (χ0n) is 14.4. The van der Waals surface area contributed by atoms with E-state index in [4.69, 9.17) is 0 Å². The Kier molecular flexibility index (Phi) is 5.40. The van der Waals surface area contributed by atoms with Crippen molar-refractivity contribution >= 4 is 11.9 Å². The summed E-state index contributed by atoms with van der Waals surface area (Å²) in [7, 11) is 0. The third kappa shape index (κ3) is 5.64. The van der Waals surface area contributed by atoms with Gasteiger partial charge in [0.25, 0.3) is 0 Å². The predicted molar refractivity (Wildman–Crippen MR) is 84.6 cm³/mol. The minimum atomic E-state index is -0.404. The summed E-state index contributed by atoms with van der Waals surface area (Å²) in [5.74, 6) is -0.551. The normalized spacial score (nSPS) is 21.3. The van der Waals surface area contributed by atoms with E-state index in [1.54, 1.807) is 0 Å². The zero-order chi connectivity index (χ0) is 16.4.